The van der Waals surface area contributed by atoms with Crippen LogP contribution in [0.4, 0.5) is 11.4 Å². The van der Waals surface area contributed by atoms with Crippen molar-refractivity contribution in [2.75, 3.05) is 10.6 Å². The van der Waals surface area contributed by atoms with Gasteiger partial charge in [0.05, 0.1) is 9.79 Å². The lowest BCUT2D eigenvalue weighted by atomic mass is 10.2. The minimum Gasteiger partial charge on any atom is -0.326 e. The van der Waals surface area contributed by atoms with E-state index in [4.69, 9.17) is 0 Å². The second-order valence-electron chi connectivity index (χ2n) is 9.62. The van der Waals surface area contributed by atoms with E-state index in [9.17, 15) is 26.4 Å². The summed E-state index contributed by atoms with van der Waals surface area (Å²) >= 11 is 0. The third-order valence-corrected chi connectivity index (χ3v) is 9.16. The minimum atomic E-state index is -3.72. The summed E-state index contributed by atoms with van der Waals surface area (Å²) in [6, 6.07) is 30.0. The molecule has 0 unspecified atom stereocenters. The van der Waals surface area contributed by atoms with Crippen molar-refractivity contribution in [3.63, 3.8) is 0 Å². The molecule has 4 N–H and O–H groups in total. The number of anilines is 2. The van der Waals surface area contributed by atoms with Crippen molar-refractivity contribution >= 4 is 43.2 Å². The Balaban J connectivity index is 1.18. The van der Waals surface area contributed by atoms with Gasteiger partial charge in [0.25, 0.3) is 0 Å². The molecule has 0 atom stereocenters. The minimum absolute atomic E-state index is 0.0761. The fourth-order valence-electron chi connectivity index (χ4n) is 4.01. The quantitative estimate of drug-likeness (QED) is 0.164. The Morgan fingerprint density at radius 2 is 0.837 bits per heavy atom. The molecule has 0 heterocycles. The van der Waals surface area contributed by atoms with Crippen LogP contribution in [0.2, 0.25) is 0 Å². The van der Waals surface area contributed by atoms with Gasteiger partial charge in [-0.25, -0.2) is 26.3 Å². The molecule has 0 fully saturated rings. The Kier molecular flexibility index (Phi) is 10.8. The SMILES string of the molecule is O=C(CCCC(=O)Nc1ccc(S(=O)(=O)NCc2ccccc2)cc1)Nc1ccc(S(=O)(=O)NCc2ccccc2)cc1. The molecule has 4 aromatic rings. The number of sulfonamides is 2. The molecule has 0 bridgehead atoms. The summed E-state index contributed by atoms with van der Waals surface area (Å²) in [5.41, 5.74) is 2.54. The van der Waals surface area contributed by atoms with E-state index in [-0.39, 0.29) is 54.0 Å². The first-order chi connectivity index (χ1) is 20.6. The second-order valence-corrected chi connectivity index (χ2v) is 13.2. The number of amides is 2. The third kappa shape index (κ3) is 9.86. The molecule has 0 aliphatic rings. The van der Waals surface area contributed by atoms with Gasteiger partial charge in [-0.1, -0.05) is 60.7 Å². The van der Waals surface area contributed by atoms with Crippen LogP contribution in [-0.2, 0) is 42.7 Å². The van der Waals surface area contributed by atoms with Gasteiger partial charge in [0.15, 0.2) is 0 Å². The van der Waals surface area contributed by atoms with E-state index in [0.29, 0.717) is 11.4 Å². The van der Waals surface area contributed by atoms with Crippen LogP contribution in [0.1, 0.15) is 30.4 Å². The molecule has 2 amide bonds. The summed E-state index contributed by atoms with van der Waals surface area (Å²) in [6.45, 7) is 0.324. The van der Waals surface area contributed by atoms with E-state index in [1.54, 1.807) is 0 Å². The van der Waals surface area contributed by atoms with Crippen molar-refractivity contribution < 1.29 is 26.4 Å². The van der Waals surface area contributed by atoms with Crippen molar-refractivity contribution in [3.8, 4) is 0 Å². The average Bonchev–Trinajstić information content (AvgIpc) is 3.01. The zero-order chi connectivity index (χ0) is 30.7. The number of carbonyl (C=O) groups is 2. The van der Waals surface area contributed by atoms with E-state index in [1.165, 1.54) is 48.5 Å². The zero-order valence-electron chi connectivity index (χ0n) is 23.2. The molecule has 0 aliphatic carbocycles. The van der Waals surface area contributed by atoms with Crippen molar-refractivity contribution in [1.82, 2.24) is 9.44 Å². The highest BCUT2D eigenvalue weighted by Crippen LogP contribution is 2.17. The van der Waals surface area contributed by atoms with Crippen LogP contribution in [0.3, 0.4) is 0 Å². The second kappa shape index (κ2) is 14.7. The predicted octanol–water partition coefficient (Wildman–Crippen LogP) is 4.39. The van der Waals surface area contributed by atoms with E-state index >= 15 is 0 Å². The average molecular weight is 621 g/mol. The van der Waals surface area contributed by atoms with Gasteiger partial charge in [0.2, 0.25) is 31.9 Å². The Labute approximate surface area is 251 Å². The summed E-state index contributed by atoms with van der Waals surface area (Å²) in [6.07, 6.45) is 0.441. The van der Waals surface area contributed by atoms with E-state index in [0.717, 1.165) is 11.1 Å². The Morgan fingerprint density at radius 3 is 1.19 bits per heavy atom. The monoisotopic (exact) mass is 620 g/mol. The summed E-state index contributed by atoms with van der Waals surface area (Å²) in [4.78, 5) is 24.8. The maximum absolute atomic E-state index is 12.5. The summed E-state index contributed by atoms with van der Waals surface area (Å²) in [7, 11) is -7.43. The van der Waals surface area contributed by atoms with Crippen molar-refractivity contribution in [2.24, 2.45) is 0 Å². The fraction of sp³-hybridized carbons (Fsp3) is 0.161. The highest BCUT2D eigenvalue weighted by Gasteiger charge is 2.15. The van der Waals surface area contributed by atoms with Gasteiger partial charge in [0.1, 0.15) is 0 Å². The normalized spacial score (nSPS) is 11.5. The van der Waals surface area contributed by atoms with E-state index in [2.05, 4.69) is 20.1 Å². The van der Waals surface area contributed by atoms with E-state index < -0.39 is 20.0 Å². The highest BCUT2D eigenvalue weighted by molar-refractivity contribution is 7.89. The number of carbonyl (C=O) groups excluding carboxylic acids is 2. The largest absolute Gasteiger partial charge is 0.326 e. The molecule has 43 heavy (non-hydrogen) atoms. The van der Waals surface area contributed by atoms with Crippen LogP contribution in [0.15, 0.2) is 119 Å². The predicted molar refractivity (Wildman–Crippen MR) is 165 cm³/mol. The number of hydrogen-bond acceptors (Lipinski definition) is 6. The Bertz CT molecular complexity index is 1600. The van der Waals surface area contributed by atoms with Crippen LogP contribution in [0.25, 0.3) is 0 Å². The van der Waals surface area contributed by atoms with Crippen molar-refractivity contribution in [2.45, 2.75) is 42.1 Å². The molecule has 12 heteroatoms. The van der Waals surface area contributed by atoms with E-state index in [1.807, 2.05) is 60.7 Å². The number of hydrogen-bond donors (Lipinski definition) is 4. The van der Waals surface area contributed by atoms with Crippen molar-refractivity contribution in [3.05, 3.63) is 120 Å². The standard InChI is InChI=1S/C31H32N4O6S2/c36-30(34-26-14-18-28(19-15-26)42(38,39)32-22-24-8-3-1-4-9-24)12-7-13-31(37)35-27-16-20-29(21-17-27)43(40,41)33-23-25-10-5-2-6-11-25/h1-6,8-11,14-21,32-33H,7,12-13,22-23H2,(H,34,36)(H,35,37). The molecule has 224 valence electrons. The van der Waals surface area contributed by atoms with Gasteiger partial charge in [-0.3, -0.25) is 9.59 Å². The molecule has 0 saturated heterocycles. The van der Waals surface area contributed by atoms with Crippen molar-refractivity contribution in [1.29, 1.82) is 0 Å². The maximum atomic E-state index is 12.5. The number of benzene rings is 4. The van der Waals surface area contributed by atoms with Crippen LogP contribution in [0, 0.1) is 0 Å². The maximum Gasteiger partial charge on any atom is 0.240 e. The van der Waals surface area contributed by atoms with Gasteiger partial charge in [-0.2, -0.15) is 0 Å². The molecule has 4 aromatic carbocycles. The van der Waals surface area contributed by atoms with Gasteiger partial charge < -0.3 is 10.6 Å². The molecule has 4 rings (SSSR count). The lowest BCUT2D eigenvalue weighted by molar-refractivity contribution is -0.117. The molecule has 0 radical (unpaired) electrons. The first-order valence-electron chi connectivity index (χ1n) is 13.5. The first kappa shape index (κ1) is 31.6. The number of rotatable bonds is 14. The molecule has 0 aromatic heterocycles. The molecule has 0 aliphatic heterocycles. The van der Waals surface area contributed by atoms with Crippen LogP contribution in [0.5, 0.6) is 0 Å². The summed E-state index contributed by atoms with van der Waals surface area (Å²) in [5.74, 6) is -0.633. The van der Waals surface area contributed by atoms with Crippen LogP contribution < -0.4 is 20.1 Å². The summed E-state index contributed by atoms with van der Waals surface area (Å²) in [5, 5.41) is 5.39. The molecular weight excluding hydrogens is 588 g/mol. The topological polar surface area (TPSA) is 151 Å². The first-order valence-corrected chi connectivity index (χ1v) is 16.4. The van der Waals surface area contributed by atoms with Crippen LogP contribution in [-0.4, -0.2) is 28.6 Å². The summed E-state index contributed by atoms with van der Waals surface area (Å²) < 4.78 is 55.3. The van der Waals surface area contributed by atoms with Crippen LogP contribution >= 0.6 is 0 Å². The molecule has 0 spiro atoms. The Morgan fingerprint density at radius 1 is 0.488 bits per heavy atom. The molecular formula is C31H32N4O6S2. The highest BCUT2D eigenvalue weighted by atomic mass is 32.2. The zero-order valence-corrected chi connectivity index (χ0v) is 24.8. The van der Waals surface area contributed by atoms with Gasteiger partial charge in [-0.05, 0) is 66.1 Å². The Hall–Kier alpha value is -4.36. The molecule has 0 saturated carbocycles. The van der Waals surface area contributed by atoms with Gasteiger partial charge >= 0.3 is 0 Å². The lowest BCUT2D eigenvalue weighted by Gasteiger charge is -2.10. The van der Waals surface area contributed by atoms with Gasteiger partial charge in [0, 0.05) is 37.3 Å². The smallest absolute Gasteiger partial charge is 0.240 e. The van der Waals surface area contributed by atoms with Gasteiger partial charge in [-0.15, -0.1) is 0 Å². The lowest BCUT2D eigenvalue weighted by Crippen LogP contribution is -2.23. The number of nitrogens with one attached hydrogen (secondary N) is 4. The molecule has 10 nitrogen and oxygen atoms in total. The fourth-order valence-corrected chi connectivity index (χ4v) is 6.04. The third-order valence-electron chi connectivity index (χ3n) is 6.32.